The highest BCUT2D eigenvalue weighted by Gasteiger charge is 2.33. The molecular formula is C20H25NO3S. The molecule has 5 heteroatoms. The zero-order valence-corrected chi connectivity index (χ0v) is 15.2. The average molecular weight is 359 g/mol. The van der Waals surface area contributed by atoms with Crippen LogP contribution in [0.2, 0.25) is 0 Å². The Balaban J connectivity index is 1.47. The molecular weight excluding hydrogens is 334 g/mol. The van der Waals surface area contributed by atoms with E-state index in [1.807, 2.05) is 6.07 Å². The maximum atomic E-state index is 12.7. The second-order valence-corrected chi connectivity index (χ2v) is 8.92. The first-order valence-corrected chi connectivity index (χ1v) is 10.4. The maximum absolute atomic E-state index is 12.7. The molecule has 0 bridgehead atoms. The first-order chi connectivity index (χ1) is 12.1. The van der Waals surface area contributed by atoms with Crippen LogP contribution in [0.3, 0.4) is 0 Å². The van der Waals surface area contributed by atoms with Crippen molar-refractivity contribution >= 4 is 9.84 Å². The number of nitrogens with zero attached hydrogens (tertiary/aromatic N) is 1. The minimum atomic E-state index is -3.31. The van der Waals surface area contributed by atoms with Crippen molar-refractivity contribution < 1.29 is 13.5 Å². The normalized spacial score (nSPS) is 18.5. The fourth-order valence-corrected chi connectivity index (χ4v) is 5.11. The molecule has 134 valence electrons. The first kappa shape index (κ1) is 18.0. The molecule has 1 heterocycles. The van der Waals surface area contributed by atoms with Crippen molar-refractivity contribution in [3.63, 3.8) is 0 Å². The summed E-state index contributed by atoms with van der Waals surface area (Å²) in [4.78, 5) is 2.56. The lowest BCUT2D eigenvalue weighted by atomic mass is 10.1. The molecule has 1 N–H and O–H groups in total. The molecule has 0 aliphatic carbocycles. The van der Waals surface area contributed by atoms with E-state index >= 15 is 0 Å². The number of sulfone groups is 1. The summed E-state index contributed by atoms with van der Waals surface area (Å²) in [6.45, 7) is 2.40. The Bertz CT molecular complexity index is 772. The van der Waals surface area contributed by atoms with Gasteiger partial charge in [-0.25, -0.2) is 8.42 Å². The summed E-state index contributed by atoms with van der Waals surface area (Å²) in [5, 5.41) is 8.99. The van der Waals surface area contributed by atoms with Gasteiger partial charge in [0.15, 0.2) is 9.84 Å². The molecule has 1 aliphatic rings. The van der Waals surface area contributed by atoms with E-state index in [9.17, 15) is 13.5 Å². The Morgan fingerprint density at radius 1 is 1.00 bits per heavy atom. The molecule has 1 atom stereocenters. The van der Waals surface area contributed by atoms with Crippen LogP contribution in [0.25, 0.3) is 0 Å². The number of hydrogen-bond acceptors (Lipinski definition) is 4. The molecule has 2 aromatic rings. The van der Waals surface area contributed by atoms with Crippen molar-refractivity contribution in [2.75, 3.05) is 19.6 Å². The third kappa shape index (κ3) is 4.61. The number of phenols is 1. The zero-order valence-electron chi connectivity index (χ0n) is 14.3. The lowest BCUT2D eigenvalue weighted by Crippen LogP contribution is -2.27. The zero-order chi connectivity index (χ0) is 17.7. The molecule has 0 spiro atoms. The van der Waals surface area contributed by atoms with Crippen LogP contribution in [0.5, 0.6) is 5.75 Å². The molecule has 1 unspecified atom stereocenters. The molecule has 1 saturated heterocycles. The highest BCUT2D eigenvalue weighted by Crippen LogP contribution is 2.25. The minimum absolute atomic E-state index is 0.0883. The van der Waals surface area contributed by atoms with E-state index in [1.165, 1.54) is 29.8 Å². The van der Waals surface area contributed by atoms with Gasteiger partial charge in [-0.3, -0.25) is 0 Å². The predicted molar refractivity (Wildman–Crippen MR) is 99.5 cm³/mol. The number of phenolic OH excluding ortho intramolecular Hbond substituents is 1. The third-order valence-electron chi connectivity index (χ3n) is 4.87. The average Bonchev–Trinajstić information content (AvgIpc) is 3.10. The van der Waals surface area contributed by atoms with Crippen molar-refractivity contribution in [3.05, 3.63) is 60.2 Å². The highest BCUT2D eigenvalue weighted by molar-refractivity contribution is 7.92. The van der Waals surface area contributed by atoms with Gasteiger partial charge in [0.1, 0.15) is 5.75 Å². The van der Waals surface area contributed by atoms with Gasteiger partial charge in [-0.2, -0.15) is 0 Å². The molecule has 2 aromatic carbocycles. The quantitative estimate of drug-likeness (QED) is 0.771. The number of aromatic hydroxyl groups is 1. The van der Waals surface area contributed by atoms with Crippen LogP contribution < -0.4 is 0 Å². The molecule has 0 radical (unpaired) electrons. The molecule has 1 fully saturated rings. The van der Waals surface area contributed by atoms with Gasteiger partial charge in [0.05, 0.1) is 10.1 Å². The van der Waals surface area contributed by atoms with Crippen molar-refractivity contribution in [1.82, 2.24) is 4.90 Å². The Kier molecular flexibility index (Phi) is 5.76. The Morgan fingerprint density at radius 2 is 1.72 bits per heavy atom. The van der Waals surface area contributed by atoms with Crippen LogP contribution in [0, 0.1) is 0 Å². The molecule has 0 aromatic heterocycles. The van der Waals surface area contributed by atoms with Crippen LogP contribution in [-0.2, 0) is 16.3 Å². The fraction of sp³-hybridized carbons (Fsp3) is 0.400. The van der Waals surface area contributed by atoms with E-state index in [2.05, 4.69) is 29.2 Å². The van der Waals surface area contributed by atoms with Gasteiger partial charge in [0.25, 0.3) is 0 Å². The standard InChI is InChI=1S/C20H25NO3S/c22-18-9-11-19(12-10-18)25(23,24)20-13-15-21(16-20)14-5-4-8-17-6-2-1-3-7-17/h1-3,6-7,9-12,20,22H,4-5,8,13-16H2. The van der Waals surface area contributed by atoms with E-state index < -0.39 is 9.84 Å². The predicted octanol–water partition coefficient (Wildman–Crippen LogP) is 3.26. The monoisotopic (exact) mass is 359 g/mol. The summed E-state index contributed by atoms with van der Waals surface area (Å²) in [7, 11) is -3.31. The SMILES string of the molecule is O=S(=O)(c1ccc(O)cc1)C1CCN(CCCCc2ccccc2)C1. The van der Waals surface area contributed by atoms with Gasteiger partial charge in [-0.15, -0.1) is 0 Å². The van der Waals surface area contributed by atoms with Gasteiger partial charge in [0, 0.05) is 6.54 Å². The highest BCUT2D eigenvalue weighted by atomic mass is 32.2. The van der Waals surface area contributed by atoms with E-state index in [1.54, 1.807) is 0 Å². The van der Waals surface area contributed by atoms with Gasteiger partial charge >= 0.3 is 0 Å². The van der Waals surface area contributed by atoms with E-state index in [0.717, 1.165) is 32.4 Å². The van der Waals surface area contributed by atoms with Crippen LogP contribution >= 0.6 is 0 Å². The summed E-state index contributed by atoms with van der Waals surface area (Å²) < 4.78 is 25.4. The summed E-state index contributed by atoms with van der Waals surface area (Å²) in [5.41, 5.74) is 1.36. The van der Waals surface area contributed by atoms with E-state index in [0.29, 0.717) is 17.9 Å². The van der Waals surface area contributed by atoms with E-state index in [-0.39, 0.29) is 11.0 Å². The maximum Gasteiger partial charge on any atom is 0.182 e. The number of benzene rings is 2. The molecule has 0 amide bonds. The van der Waals surface area contributed by atoms with E-state index in [4.69, 9.17) is 0 Å². The summed E-state index contributed by atoms with van der Waals surface area (Å²) in [6, 6.07) is 16.3. The summed E-state index contributed by atoms with van der Waals surface area (Å²) in [6.07, 6.45) is 3.96. The van der Waals surface area contributed by atoms with Crippen LogP contribution in [0.1, 0.15) is 24.8 Å². The first-order valence-electron chi connectivity index (χ1n) is 8.85. The summed E-state index contributed by atoms with van der Waals surface area (Å²) >= 11 is 0. The minimum Gasteiger partial charge on any atom is -0.508 e. The van der Waals surface area contributed by atoms with Crippen molar-refractivity contribution in [3.8, 4) is 5.75 Å². The van der Waals surface area contributed by atoms with Crippen LogP contribution in [-0.4, -0.2) is 43.3 Å². The number of aryl methyl sites for hydroxylation is 1. The Morgan fingerprint density at radius 3 is 2.44 bits per heavy atom. The summed E-state index contributed by atoms with van der Waals surface area (Å²) in [5.74, 6) is 0.0883. The fourth-order valence-electron chi connectivity index (χ4n) is 3.39. The largest absolute Gasteiger partial charge is 0.508 e. The number of unbranched alkanes of at least 4 members (excludes halogenated alkanes) is 1. The topological polar surface area (TPSA) is 57.6 Å². The number of rotatable bonds is 7. The van der Waals surface area contributed by atoms with Gasteiger partial charge < -0.3 is 10.0 Å². The molecule has 3 rings (SSSR count). The Hall–Kier alpha value is -1.85. The lowest BCUT2D eigenvalue weighted by molar-refractivity contribution is 0.330. The van der Waals surface area contributed by atoms with Crippen molar-refractivity contribution in [1.29, 1.82) is 0 Å². The van der Waals surface area contributed by atoms with Gasteiger partial charge in [0.2, 0.25) is 0 Å². The molecule has 4 nitrogen and oxygen atoms in total. The van der Waals surface area contributed by atoms with Crippen molar-refractivity contribution in [2.45, 2.75) is 35.8 Å². The van der Waals surface area contributed by atoms with Gasteiger partial charge in [-0.05, 0) is 68.6 Å². The third-order valence-corrected chi connectivity index (χ3v) is 7.06. The molecule has 1 aliphatic heterocycles. The number of likely N-dealkylation sites (tertiary alicyclic amines) is 1. The second kappa shape index (κ2) is 8.02. The second-order valence-electron chi connectivity index (χ2n) is 6.69. The smallest absolute Gasteiger partial charge is 0.182 e. The molecule has 25 heavy (non-hydrogen) atoms. The Labute approximate surface area is 150 Å². The van der Waals surface area contributed by atoms with Crippen LogP contribution in [0.4, 0.5) is 0 Å². The molecule has 0 saturated carbocycles. The van der Waals surface area contributed by atoms with Gasteiger partial charge in [-0.1, -0.05) is 30.3 Å². The lowest BCUT2D eigenvalue weighted by Gasteiger charge is -2.16. The number of hydrogen-bond donors (Lipinski definition) is 1. The van der Waals surface area contributed by atoms with Crippen molar-refractivity contribution in [2.24, 2.45) is 0 Å². The van der Waals surface area contributed by atoms with Crippen LogP contribution in [0.15, 0.2) is 59.5 Å².